The van der Waals surface area contributed by atoms with Crippen LogP contribution < -0.4 is 4.74 Å². The van der Waals surface area contributed by atoms with Crippen LogP contribution in [0.5, 0.6) is 5.75 Å². The van der Waals surface area contributed by atoms with Crippen LogP contribution in [0.1, 0.15) is 24.0 Å². The Kier molecular flexibility index (Phi) is 6.80. The van der Waals surface area contributed by atoms with E-state index in [4.69, 9.17) is 4.74 Å². The van der Waals surface area contributed by atoms with Crippen LogP contribution >= 0.6 is 0 Å². The molecule has 0 saturated heterocycles. The summed E-state index contributed by atoms with van der Waals surface area (Å²) in [6, 6.07) is 3.83. The molecule has 0 spiro atoms. The molecule has 0 N–H and O–H groups in total. The zero-order valence-corrected chi connectivity index (χ0v) is 14.4. The average Bonchev–Trinajstić information content (AvgIpc) is 2.41. The molecule has 0 aliphatic heterocycles. The molecule has 0 bridgehead atoms. The first kappa shape index (κ1) is 18.4. The van der Waals surface area contributed by atoms with Crippen molar-refractivity contribution in [2.24, 2.45) is 10.2 Å². The molecule has 0 radical (unpaired) electrons. The summed E-state index contributed by atoms with van der Waals surface area (Å²) in [5, 5.41) is 6.81. The van der Waals surface area contributed by atoms with Crippen molar-refractivity contribution >= 4 is 20.2 Å². The van der Waals surface area contributed by atoms with Gasteiger partial charge in [0.05, 0.1) is 17.9 Å². The van der Waals surface area contributed by atoms with Crippen LogP contribution in [0.15, 0.2) is 22.4 Å². The van der Waals surface area contributed by atoms with Gasteiger partial charge in [-0.25, -0.2) is 8.78 Å². The lowest BCUT2D eigenvalue weighted by Crippen LogP contribution is -2.20. The number of nitrogens with zero attached hydrogens (tertiary/aromatic N) is 2. The number of azo groups is 1. The highest BCUT2D eigenvalue weighted by molar-refractivity contribution is 6.76. The topological polar surface area (TPSA) is 51.0 Å². The minimum atomic E-state index is -2.67. The first-order valence-electron chi connectivity index (χ1n) is 7.14. The van der Waals surface area contributed by atoms with Crippen LogP contribution in [0, 0.1) is 6.92 Å². The highest BCUT2D eigenvalue weighted by Gasteiger charge is 2.18. The van der Waals surface area contributed by atoms with E-state index in [0.717, 1.165) is 12.5 Å². The summed E-state index contributed by atoms with van der Waals surface area (Å²) in [5.41, 5.74) is 0.658. The second-order valence-electron chi connectivity index (χ2n) is 6.31. The van der Waals surface area contributed by atoms with Crippen molar-refractivity contribution in [2.75, 3.05) is 6.61 Å². The van der Waals surface area contributed by atoms with Crippen molar-refractivity contribution < 1.29 is 18.3 Å². The summed E-state index contributed by atoms with van der Waals surface area (Å²) < 4.78 is 31.8. The van der Waals surface area contributed by atoms with Gasteiger partial charge in [0.15, 0.2) is 0 Å². The van der Waals surface area contributed by atoms with Crippen molar-refractivity contribution in [2.45, 2.75) is 45.5 Å². The van der Waals surface area contributed by atoms with Crippen molar-refractivity contribution in [3.8, 4) is 5.75 Å². The van der Waals surface area contributed by atoms with Crippen LogP contribution in [-0.4, -0.2) is 21.1 Å². The van der Waals surface area contributed by atoms with E-state index in [1.165, 1.54) is 12.1 Å². The normalized spacial score (nSPS) is 12.1. The van der Waals surface area contributed by atoms with E-state index >= 15 is 0 Å². The summed E-state index contributed by atoms with van der Waals surface area (Å²) in [6.45, 7) is 8.90. The van der Waals surface area contributed by atoms with E-state index in [1.807, 2.05) is 0 Å². The van der Waals surface area contributed by atoms with Crippen molar-refractivity contribution in [3.05, 3.63) is 23.3 Å². The van der Waals surface area contributed by atoms with E-state index in [2.05, 4.69) is 29.9 Å². The van der Waals surface area contributed by atoms with Crippen molar-refractivity contribution in [1.29, 1.82) is 0 Å². The van der Waals surface area contributed by atoms with E-state index in [9.17, 15) is 13.6 Å². The number of carbonyl (C=O) groups excluding carboxylic acids is 1. The molecule has 1 aromatic rings. The predicted molar refractivity (Wildman–Crippen MR) is 85.0 cm³/mol. The van der Waals surface area contributed by atoms with Crippen LogP contribution in [0.3, 0.4) is 0 Å². The number of hydrogen-bond donors (Lipinski definition) is 0. The van der Waals surface area contributed by atoms with E-state index < -0.39 is 14.5 Å². The molecule has 0 fully saturated rings. The molecule has 1 rings (SSSR count). The van der Waals surface area contributed by atoms with Gasteiger partial charge in [0, 0.05) is 8.07 Å². The summed E-state index contributed by atoms with van der Waals surface area (Å²) in [4.78, 5) is 10.2. The summed E-state index contributed by atoms with van der Waals surface area (Å²) in [7, 11) is -1.15. The minimum Gasteiger partial charge on any atom is -0.493 e. The molecular weight excluding hydrogens is 306 g/mol. The number of aryl methyl sites for hydroxylation is 1. The highest BCUT2D eigenvalue weighted by Crippen LogP contribution is 2.35. The number of ether oxygens (including phenoxy) is 1. The van der Waals surface area contributed by atoms with E-state index in [0.29, 0.717) is 12.2 Å². The van der Waals surface area contributed by atoms with Gasteiger partial charge in [0.25, 0.3) is 12.8 Å². The monoisotopic (exact) mass is 328 g/mol. The van der Waals surface area contributed by atoms with Crippen LogP contribution in [0.2, 0.25) is 25.7 Å². The third kappa shape index (κ3) is 6.01. The summed E-state index contributed by atoms with van der Waals surface area (Å²) >= 11 is 0. The maximum Gasteiger partial charge on any atom is 0.267 e. The Bertz CT molecular complexity index is 543. The first-order chi connectivity index (χ1) is 10.2. The van der Waals surface area contributed by atoms with Crippen LogP contribution in [0.25, 0.3) is 0 Å². The Morgan fingerprint density at radius 3 is 2.55 bits per heavy atom. The Balaban J connectivity index is 2.87. The van der Waals surface area contributed by atoms with Gasteiger partial charge in [0.2, 0.25) is 0 Å². The molecule has 4 nitrogen and oxygen atoms in total. The maximum absolute atomic E-state index is 13.1. The second-order valence-corrected chi connectivity index (χ2v) is 11.9. The fourth-order valence-electron chi connectivity index (χ4n) is 1.96. The zero-order valence-electron chi connectivity index (χ0n) is 13.4. The Morgan fingerprint density at radius 2 is 2.00 bits per heavy atom. The molecule has 0 saturated carbocycles. The quantitative estimate of drug-likeness (QED) is 0.282. The maximum atomic E-state index is 13.1. The van der Waals surface area contributed by atoms with Crippen molar-refractivity contribution in [1.82, 2.24) is 0 Å². The smallest absolute Gasteiger partial charge is 0.267 e. The number of carbonyl (C=O) groups is 1. The Morgan fingerprint density at radius 1 is 1.32 bits per heavy atom. The molecule has 0 unspecified atom stereocenters. The largest absolute Gasteiger partial charge is 0.493 e. The minimum absolute atomic E-state index is 0.174. The second kappa shape index (κ2) is 8.12. The van der Waals surface area contributed by atoms with Gasteiger partial charge in [0.1, 0.15) is 5.75 Å². The molecule has 0 heterocycles. The number of hydrogen-bond acceptors (Lipinski definition) is 3. The van der Waals surface area contributed by atoms with Crippen LogP contribution in [0.4, 0.5) is 14.5 Å². The number of alkyl halides is 2. The van der Waals surface area contributed by atoms with E-state index in [-0.39, 0.29) is 23.4 Å². The lowest BCUT2D eigenvalue weighted by atomic mass is 10.1. The van der Waals surface area contributed by atoms with Gasteiger partial charge in [-0.3, -0.25) is 4.79 Å². The summed E-state index contributed by atoms with van der Waals surface area (Å²) in [5.74, 6) is 0.174. The zero-order chi connectivity index (χ0) is 16.8. The molecular formula is C15H22F2N2O2Si. The first-order valence-corrected chi connectivity index (χ1v) is 10.9. The number of benzene rings is 1. The molecule has 0 aliphatic rings. The fourth-order valence-corrected chi connectivity index (χ4v) is 3.16. The van der Waals surface area contributed by atoms with Gasteiger partial charge in [-0.15, -0.1) is 10.2 Å². The number of halogens is 2. The SMILES string of the molecule is Cc1cc(OCCC[Si](C)(C)C)c(C(F)F)cc1N=NC=O. The lowest BCUT2D eigenvalue weighted by Gasteiger charge is -2.17. The van der Waals surface area contributed by atoms with Gasteiger partial charge >= 0.3 is 0 Å². The molecule has 1 aromatic carbocycles. The standard InChI is InChI=1S/C15H22F2N2O2Si/c1-11-8-14(21-6-5-7-22(2,3)4)12(15(16)17)9-13(11)19-18-10-20/h8-10,15H,5-7H2,1-4H3. The molecule has 22 heavy (non-hydrogen) atoms. The van der Waals surface area contributed by atoms with Gasteiger partial charge in [-0.1, -0.05) is 25.7 Å². The number of rotatable bonds is 8. The lowest BCUT2D eigenvalue weighted by molar-refractivity contribution is -0.107. The molecule has 1 amide bonds. The van der Waals surface area contributed by atoms with Gasteiger partial charge in [-0.2, -0.15) is 0 Å². The van der Waals surface area contributed by atoms with Gasteiger partial charge < -0.3 is 4.74 Å². The number of amides is 1. The Hall–Kier alpha value is -1.63. The predicted octanol–water partition coefficient (Wildman–Crippen LogP) is 5.28. The van der Waals surface area contributed by atoms with Gasteiger partial charge in [-0.05, 0) is 31.0 Å². The highest BCUT2D eigenvalue weighted by atomic mass is 28.3. The van der Waals surface area contributed by atoms with E-state index in [1.54, 1.807) is 6.92 Å². The molecule has 0 aliphatic carbocycles. The van der Waals surface area contributed by atoms with Crippen LogP contribution in [-0.2, 0) is 4.79 Å². The third-order valence-corrected chi connectivity index (χ3v) is 4.96. The molecule has 7 heteroatoms. The molecule has 0 atom stereocenters. The molecule has 0 aromatic heterocycles. The Labute approximate surface area is 130 Å². The fraction of sp³-hybridized carbons (Fsp3) is 0.533. The summed E-state index contributed by atoms with van der Waals surface area (Å²) in [6.07, 6.45) is -1.55. The average molecular weight is 328 g/mol. The van der Waals surface area contributed by atoms with Crippen molar-refractivity contribution in [3.63, 3.8) is 0 Å². The third-order valence-electron chi connectivity index (χ3n) is 3.10. The molecule has 122 valence electrons.